The number of benzene rings is 1. The van der Waals surface area contributed by atoms with Crippen LogP contribution in [0.3, 0.4) is 0 Å². The van der Waals surface area contributed by atoms with Crippen molar-refractivity contribution in [2.75, 3.05) is 7.11 Å². The molecule has 28 heavy (non-hydrogen) atoms. The van der Waals surface area contributed by atoms with Gasteiger partial charge in [0.05, 0.1) is 24.7 Å². The fraction of sp³-hybridized carbons (Fsp3) is 0.565. The van der Waals surface area contributed by atoms with Crippen LogP contribution in [0.1, 0.15) is 60.9 Å². The zero-order valence-electron chi connectivity index (χ0n) is 16.3. The van der Waals surface area contributed by atoms with Crippen molar-refractivity contribution in [1.82, 2.24) is 0 Å². The van der Waals surface area contributed by atoms with Gasteiger partial charge in [0.15, 0.2) is 0 Å². The third-order valence-electron chi connectivity index (χ3n) is 5.93. The third-order valence-corrected chi connectivity index (χ3v) is 5.93. The summed E-state index contributed by atoms with van der Waals surface area (Å²) < 4.78 is 4.69. The van der Waals surface area contributed by atoms with E-state index in [4.69, 9.17) is 4.74 Å². The molecule has 0 spiro atoms. The lowest BCUT2D eigenvalue weighted by molar-refractivity contribution is -0.121. The fourth-order valence-corrected chi connectivity index (χ4v) is 4.24. The number of hydrogen-bond acceptors (Lipinski definition) is 5. The standard InChI is InChI=1S/C23H28O5/c1-28-22(26)17-9-7-16(8-10-17)5-4-6-18-19(21(25)15-20(18)24)11-14-23(27)12-2-3-13-23/h7-10,18-19,21,25,27H,2-6,12-13,15H2,1H3/t18-,19-,21-/m1/s1. The summed E-state index contributed by atoms with van der Waals surface area (Å²) in [6, 6.07) is 7.26. The highest BCUT2D eigenvalue weighted by molar-refractivity contribution is 5.89. The summed E-state index contributed by atoms with van der Waals surface area (Å²) in [5.41, 5.74) is 0.652. The summed E-state index contributed by atoms with van der Waals surface area (Å²) in [7, 11) is 1.36. The van der Waals surface area contributed by atoms with Gasteiger partial charge in [-0.1, -0.05) is 24.0 Å². The van der Waals surface area contributed by atoms with Gasteiger partial charge in [0.2, 0.25) is 0 Å². The molecule has 5 heteroatoms. The molecular formula is C23H28O5. The summed E-state index contributed by atoms with van der Waals surface area (Å²) in [6.45, 7) is 0. The number of aryl methyl sites for hydroxylation is 1. The van der Waals surface area contributed by atoms with E-state index in [1.165, 1.54) is 7.11 Å². The number of aliphatic hydroxyl groups is 2. The molecule has 1 aromatic carbocycles. The van der Waals surface area contributed by atoms with Crippen molar-refractivity contribution in [3.05, 3.63) is 35.4 Å². The van der Waals surface area contributed by atoms with Crippen LogP contribution in [0.25, 0.3) is 0 Å². The molecule has 0 bridgehead atoms. The highest BCUT2D eigenvalue weighted by atomic mass is 16.5. The van der Waals surface area contributed by atoms with Crippen molar-refractivity contribution in [2.45, 2.75) is 63.1 Å². The molecule has 1 aromatic rings. The van der Waals surface area contributed by atoms with Crippen LogP contribution in [0.2, 0.25) is 0 Å². The van der Waals surface area contributed by atoms with E-state index in [0.717, 1.165) is 31.2 Å². The van der Waals surface area contributed by atoms with E-state index < -0.39 is 11.7 Å². The molecule has 3 rings (SSSR count). The number of hydrogen-bond donors (Lipinski definition) is 2. The molecule has 150 valence electrons. The quantitative estimate of drug-likeness (QED) is 0.602. The molecule has 0 heterocycles. The first-order chi connectivity index (χ1) is 13.4. The van der Waals surface area contributed by atoms with E-state index >= 15 is 0 Å². The summed E-state index contributed by atoms with van der Waals surface area (Å²) in [6.07, 6.45) is 4.92. The zero-order valence-corrected chi connectivity index (χ0v) is 16.3. The second-order valence-electron chi connectivity index (χ2n) is 7.96. The SMILES string of the molecule is COC(=O)c1ccc(CCC[C@H]2C(=O)C[C@@H](O)[C@@H]2C#CC2(O)CCCC2)cc1. The lowest BCUT2D eigenvalue weighted by atomic mass is 9.88. The molecule has 0 radical (unpaired) electrons. The number of ether oxygens (including phenoxy) is 1. The van der Waals surface area contributed by atoms with Gasteiger partial charge >= 0.3 is 5.97 Å². The van der Waals surface area contributed by atoms with E-state index in [9.17, 15) is 19.8 Å². The van der Waals surface area contributed by atoms with Gasteiger partial charge < -0.3 is 14.9 Å². The first kappa shape index (κ1) is 20.6. The van der Waals surface area contributed by atoms with E-state index in [2.05, 4.69) is 11.8 Å². The first-order valence-corrected chi connectivity index (χ1v) is 10.0. The third kappa shape index (κ3) is 4.81. The average molecular weight is 384 g/mol. The van der Waals surface area contributed by atoms with Crippen LogP contribution in [0.4, 0.5) is 0 Å². The second-order valence-corrected chi connectivity index (χ2v) is 7.96. The van der Waals surface area contributed by atoms with Crippen molar-refractivity contribution in [3.8, 4) is 11.8 Å². The predicted octanol–water partition coefficient (Wildman–Crippen LogP) is 2.67. The van der Waals surface area contributed by atoms with Gasteiger partial charge in [-0.2, -0.15) is 0 Å². The Morgan fingerprint density at radius 2 is 1.93 bits per heavy atom. The van der Waals surface area contributed by atoms with Crippen LogP contribution in [0.15, 0.2) is 24.3 Å². The largest absolute Gasteiger partial charge is 0.465 e. The molecule has 5 nitrogen and oxygen atoms in total. The Labute approximate surface area is 166 Å². The van der Waals surface area contributed by atoms with E-state index in [1.54, 1.807) is 12.1 Å². The van der Waals surface area contributed by atoms with Crippen LogP contribution in [0, 0.1) is 23.7 Å². The Balaban J connectivity index is 1.58. The molecular weight excluding hydrogens is 356 g/mol. The Hall–Kier alpha value is -2.16. The Kier molecular flexibility index (Phi) is 6.53. The van der Waals surface area contributed by atoms with Crippen LogP contribution in [-0.2, 0) is 16.0 Å². The number of aliphatic hydroxyl groups excluding tert-OH is 1. The molecule has 0 amide bonds. The average Bonchev–Trinajstić information content (AvgIpc) is 3.23. The highest BCUT2D eigenvalue weighted by Gasteiger charge is 2.40. The number of rotatable bonds is 5. The lowest BCUT2D eigenvalue weighted by Gasteiger charge is -2.18. The number of esters is 1. The first-order valence-electron chi connectivity index (χ1n) is 10.0. The van der Waals surface area contributed by atoms with Gasteiger partial charge in [0, 0.05) is 12.3 Å². The van der Waals surface area contributed by atoms with Crippen LogP contribution in [-0.4, -0.2) is 40.8 Å². The molecule has 0 saturated heterocycles. The smallest absolute Gasteiger partial charge is 0.337 e. The van der Waals surface area contributed by atoms with Crippen LogP contribution >= 0.6 is 0 Å². The number of carbonyl (C=O) groups is 2. The monoisotopic (exact) mass is 384 g/mol. The molecule has 2 aliphatic carbocycles. The second kappa shape index (κ2) is 8.89. The van der Waals surface area contributed by atoms with Crippen molar-refractivity contribution < 1.29 is 24.5 Å². The van der Waals surface area contributed by atoms with Crippen LogP contribution in [0.5, 0.6) is 0 Å². The molecule has 2 N–H and O–H groups in total. The van der Waals surface area contributed by atoms with Gasteiger partial charge in [0.1, 0.15) is 11.4 Å². The normalized spacial score (nSPS) is 26.0. The number of ketones is 1. The molecule has 2 saturated carbocycles. The molecule has 3 atom stereocenters. The highest BCUT2D eigenvalue weighted by Crippen LogP contribution is 2.34. The van der Waals surface area contributed by atoms with Crippen molar-refractivity contribution in [2.24, 2.45) is 11.8 Å². The maximum Gasteiger partial charge on any atom is 0.337 e. The number of methoxy groups -OCH3 is 1. The maximum atomic E-state index is 12.3. The van der Waals surface area contributed by atoms with Gasteiger partial charge in [-0.05, 0) is 62.6 Å². The Morgan fingerprint density at radius 1 is 1.25 bits per heavy atom. The zero-order chi connectivity index (χ0) is 20.1. The van der Waals surface area contributed by atoms with Crippen LogP contribution < -0.4 is 0 Å². The van der Waals surface area contributed by atoms with E-state index in [1.807, 2.05) is 12.1 Å². The summed E-state index contributed by atoms with van der Waals surface area (Å²) in [4.78, 5) is 23.8. The Morgan fingerprint density at radius 3 is 2.57 bits per heavy atom. The van der Waals surface area contributed by atoms with Gasteiger partial charge in [-0.15, -0.1) is 0 Å². The van der Waals surface area contributed by atoms with Crippen molar-refractivity contribution in [1.29, 1.82) is 0 Å². The lowest BCUT2D eigenvalue weighted by Crippen LogP contribution is -2.24. The van der Waals surface area contributed by atoms with E-state index in [-0.39, 0.29) is 30.0 Å². The van der Waals surface area contributed by atoms with Gasteiger partial charge in [0.25, 0.3) is 0 Å². The maximum absolute atomic E-state index is 12.3. The predicted molar refractivity (Wildman–Crippen MR) is 105 cm³/mol. The van der Waals surface area contributed by atoms with E-state index in [0.29, 0.717) is 24.8 Å². The molecule has 0 aromatic heterocycles. The topological polar surface area (TPSA) is 83.8 Å². The number of Topliss-reactive ketones (excluding diaryl/α,β-unsaturated/α-hetero) is 1. The molecule has 2 fully saturated rings. The van der Waals surface area contributed by atoms with Crippen molar-refractivity contribution >= 4 is 11.8 Å². The summed E-state index contributed by atoms with van der Waals surface area (Å²) in [5.74, 6) is 5.04. The Bertz CT molecular complexity index is 764. The minimum absolute atomic E-state index is 0.0613. The number of carbonyl (C=O) groups excluding carboxylic acids is 2. The molecule has 0 aliphatic heterocycles. The van der Waals surface area contributed by atoms with Gasteiger partial charge in [-0.25, -0.2) is 4.79 Å². The summed E-state index contributed by atoms with van der Waals surface area (Å²) in [5, 5.41) is 20.7. The van der Waals surface area contributed by atoms with Gasteiger partial charge in [-0.3, -0.25) is 4.79 Å². The fourth-order valence-electron chi connectivity index (χ4n) is 4.24. The minimum atomic E-state index is -0.947. The summed E-state index contributed by atoms with van der Waals surface area (Å²) >= 11 is 0. The molecule has 2 aliphatic rings. The molecule has 0 unspecified atom stereocenters. The minimum Gasteiger partial charge on any atom is -0.465 e. The van der Waals surface area contributed by atoms with Crippen molar-refractivity contribution in [3.63, 3.8) is 0 Å².